The Balaban J connectivity index is 2.60. The van der Waals surface area contributed by atoms with E-state index in [9.17, 15) is 4.79 Å². The van der Waals surface area contributed by atoms with Crippen molar-refractivity contribution < 1.29 is 9.90 Å². The van der Waals surface area contributed by atoms with E-state index >= 15 is 0 Å². The first kappa shape index (κ1) is 15.4. The van der Waals surface area contributed by atoms with Crippen LogP contribution in [0, 0.1) is 0 Å². The van der Waals surface area contributed by atoms with E-state index in [1.165, 1.54) is 0 Å². The molecule has 4 heteroatoms. The maximum Gasteiger partial charge on any atom is 0.238 e. The zero-order valence-electron chi connectivity index (χ0n) is 11.4. The third-order valence-corrected chi connectivity index (χ3v) is 2.84. The van der Waals surface area contributed by atoms with Crippen molar-refractivity contribution >= 4 is 11.6 Å². The van der Waals surface area contributed by atoms with Crippen LogP contribution >= 0.6 is 0 Å². The Bertz CT molecular complexity index is 418. The summed E-state index contributed by atoms with van der Waals surface area (Å²) in [6.07, 6.45) is 2.60. The zero-order chi connectivity index (χ0) is 14.1. The number of amides is 1. The van der Waals surface area contributed by atoms with Gasteiger partial charge in [0.25, 0.3) is 0 Å². The normalized spacial score (nSPS) is 10.5. The summed E-state index contributed by atoms with van der Waals surface area (Å²) in [6, 6.07) is 7.78. The van der Waals surface area contributed by atoms with Gasteiger partial charge in [-0.1, -0.05) is 31.2 Å². The number of carbonyl (C=O) groups is 1. The molecule has 0 radical (unpaired) electrons. The number of aliphatic hydroxyl groups is 1. The van der Waals surface area contributed by atoms with Crippen LogP contribution < -0.4 is 5.32 Å². The molecule has 0 fully saturated rings. The molecule has 0 bridgehead atoms. The van der Waals surface area contributed by atoms with E-state index in [1.54, 1.807) is 6.08 Å². The lowest BCUT2D eigenvalue weighted by atomic mass is 10.1. The molecule has 0 atom stereocenters. The zero-order valence-corrected chi connectivity index (χ0v) is 11.4. The molecule has 0 saturated heterocycles. The highest BCUT2D eigenvalue weighted by molar-refractivity contribution is 5.93. The standard InChI is InChI=1S/C15H22N2O2/c1-3-9-17(10-11-18)12-15(19)16-14-8-6-5-7-13(14)4-2/h3,5-8,18H,1,4,9-12H2,2H3,(H,16,19). The van der Waals surface area contributed by atoms with E-state index in [4.69, 9.17) is 5.11 Å². The van der Waals surface area contributed by atoms with E-state index in [0.717, 1.165) is 17.7 Å². The number of benzene rings is 1. The first-order valence-corrected chi connectivity index (χ1v) is 6.53. The van der Waals surface area contributed by atoms with Gasteiger partial charge in [-0.15, -0.1) is 6.58 Å². The second-order valence-electron chi connectivity index (χ2n) is 4.31. The van der Waals surface area contributed by atoms with Crippen LogP contribution in [-0.2, 0) is 11.2 Å². The van der Waals surface area contributed by atoms with Crippen molar-refractivity contribution in [3.63, 3.8) is 0 Å². The summed E-state index contributed by atoms with van der Waals surface area (Å²) < 4.78 is 0. The fourth-order valence-corrected chi connectivity index (χ4v) is 1.90. The molecule has 4 nitrogen and oxygen atoms in total. The number of nitrogens with zero attached hydrogens (tertiary/aromatic N) is 1. The number of aliphatic hydroxyl groups excluding tert-OH is 1. The van der Waals surface area contributed by atoms with Gasteiger partial charge < -0.3 is 10.4 Å². The van der Waals surface area contributed by atoms with Crippen LogP contribution in [0.2, 0.25) is 0 Å². The quantitative estimate of drug-likeness (QED) is 0.701. The van der Waals surface area contributed by atoms with Gasteiger partial charge in [-0.05, 0) is 18.1 Å². The van der Waals surface area contributed by atoms with Crippen LogP contribution in [0.1, 0.15) is 12.5 Å². The Labute approximate surface area is 114 Å². The van der Waals surface area contributed by atoms with Crippen molar-refractivity contribution in [2.75, 3.05) is 31.6 Å². The summed E-state index contributed by atoms with van der Waals surface area (Å²) in [5, 5.41) is 11.9. The van der Waals surface area contributed by atoms with Gasteiger partial charge in [-0.2, -0.15) is 0 Å². The molecule has 1 aromatic rings. The summed E-state index contributed by atoms with van der Waals surface area (Å²) in [5.74, 6) is -0.0730. The Morgan fingerprint density at radius 3 is 2.84 bits per heavy atom. The molecular formula is C15H22N2O2. The molecule has 104 valence electrons. The minimum atomic E-state index is -0.0730. The van der Waals surface area contributed by atoms with Crippen molar-refractivity contribution in [1.29, 1.82) is 0 Å². The Hall–Kier alpha value is -1.65. The Morgan fingerprint density at radius 2 is 2.21 bits per heavy atom. The average Bonchev–Trinajstić information content (AvgIpc) is 2.40. The minimum absolute atomic E-state index is 0.0344. The molecule has 0 heterocycles. The van der Waals surface area contributed by atoms with Crippen molar-refractivity contribution in [2.45, 2.75) is 13.3 Å². The minimum Gasteiger partial charge on any atom is -0.395 e. The molecule has 19 heavy (non-hydrogen) atoms. The van der Waals surface area contributed by atoms with Crippen LogP contribution in [0.5, 0.6) is 0 Å². The summed E-state index contributed by atoms with van der Waals surface area (Å²) >= 11 is 0. The smallest absolute Gasteiger partial charge is 0.238 e. The van der Waals surface area contributed by atoms with Gasteiger partial charge in [0.05, 0.1) is 13.2 Å². The Morgan fingerprint density at radius 1 is 1.47 bits per heavy atom. The van der Waals surface area contributed by atoms with Crippen molar-refractivity contribution in [3.8, 4) is 0 Å². The molecule has 0 unspecified atom stereocenters. The summed E-state index contributed by atoms with van der Waals surface area (Å²) in [4.78, 5) is 13.8. The van der Waals surface area contributed by atoms with E-state index in [2.05, 4.69) is 18.8 Å². The van der Waals surface area contributed by atoms with E-state index in [0.29, 0.717) is 13.1 Å². The number of para-hydroxylation sites is 1. The molecule has 1 aromatic carbocycles. The third-order valence-electron chi connectivity index (χ3n) is 2.84. The van der Waals surface area contributed by atoms with Gasteiger partial charge in [0, 0.05) is 18.8 Å². The summed E-state index contributed by atoms with van der Waals surface area (Å²) in [5.41, 5.74) is 1.98. The molecule has 2 N–H and O–H groups in total. The lowest BCUT2D eigenvalue weighted by molar-refractivity contribution is -0.117. The fourth-order valence-electron chi connectivity index (χ4n) is 1.90. The number of hydrogen-bond acceptors (Lipinski definition) is 3. The molecule has 1 amide bonds. The second-order valence-corrected chi connectivity index (χ2v) is 4.31. The second kappa shape index (κ2) is 8.45. The number of hydrogen-bond donors (Lipinski definition) is 2. The monoisotopic (exact) mass is 262 g/mol. The van der Waals surface area contributed by atoms with Gasteiger partial charge in [-0.3, -0.25) is 9.69 Å². The molecule has 0 saturated carbocycles. The van der Waals surface area contributed by atoms with Crippen LogP contribution in [0.4, 0.5) is 5.69 Å². The Kier molecular flexibility index (Phi) is 6.85. The van der Waals surface area contributed by atoms with Crippen LogP contribution in [-0.4, -0.2) is 42.2 Å². The molecule has 0 aromatic heterocycles. The van der Waals surface area contributed by atoms with Gasteiger partial charge in [0.2, 0.25) is 5.91 Å². The maximum atomic E-state index is 12.0. The first-order valence-electron chi connectivity index (χ1n) is 6.53. The number of aryl methyl sites for hydroxylation is 1. The number of anilines is 1. The van der Waals surface area contributed by atoms with Gasteiger partial charge in [0.15, 0.2) is 0 Å². The van der Waals surface area contributed by atoms with E-state index in [-0.39, 0.29) is 19.1 Å². The predicted octanol–water partition coefficient (Wildman–Crippen LogP) is 1.67. The van der Waals surface area contributed by atoms with Gasteiger partial charge in [-0.25, -0.2) is 0 Å². The highest BCUT2D eigenvalue weighted by Gasteiger charge is 2.10. The number of carbonyl (C=O) groups excluding carboxylic acids is 1. The van der Waals surface area contributed by atoms with Crippen LogP contribution in [0.15, 0.2) is 36.9 Å². The number of rotatable bonds is 8. The van der Waals surface area contributed by atoms with Crippen molar-refractivity contribution in [2.24, 2.45) is 0 Å². The first-order chi connectivity index (χ1) is 9.21. The SMILES string of the molecule is C=CCN(CCO)CC(=O)Nc1ccccc1CC. The predicted molar refractivity (Wildman–Crippen MR) is 78.2 cm³/mol. The lowest BCUT2D eigenvalue weighted by Crippen LogP contribution is -2.35. The summed E-state index contributed by atoms with van der Waals surface area (Å²) in [6.45, 7) is 7.05. The average molecular weight is 262 g/mol. The largest absolute Gasteiger partial charge is 0.395 e. The molecule has 0 aliphatic carbocycles. The highest BCUT2D eigenvalue weighted by atomic mass is 16.3. The van der Waals surface area contributed by atoms with Crippen molar-refractivity contribution in [1.82, 2.24) is 4.90 Å². The number of nitrogens with one attached hydrogen (secondary N) is 1. The van der Waals surface area contributed by atoms with Gasteiger partial charge in [0.1, 0.15) is 0 Å². The van der Waals surface area contributed by atoms with Crippen LogP contribution in [0.25, 0.3) is 0 Å². The van der Waals surface area contributed by atoms with E-state index < -0.39 is 0 Å². The molecular weight excluding hydrogens is 240 g/mol. The van der Waals surface area contributed by atoms with Gasteiger partial charge >= 0.3 is 0 Å². The highest BCUT2D eigenvalue weighted by Crippen LogP contribution is 2.15. The molecule has 0 aliphatic heterocycles. The van der Waals surface area contributed by atoms with Crippen molar-refractivity contribution in [3.05, 3.63) is 42.5 Å². The molecule has 1 rings (SSSR count). The third kappa shape index (κ3) is 5.24. The lowest BCUT2D eigenvalue weighted by Gasteiger charge is -2.19. The van der Waals surface area contributed by atoms with E-state index in [1.807, 2.05) is 29.2 Å². The molecule has 0 aliphatic rings. The molecule has 0 spiro atoms. The van der Waals surface area contributed by atoms with Crippen LogP contribution in [0.3, 0.4) is 0 Å². The maximum absolute atomic E-state index is 12.0. The topological polar surface area (TPSA) is 52.6 Å². The summed E-state index contributed by atoms with van der Waals surface area (Å²) in [7, 11) is 0. The fraction of sp³-hybridized carbons (Fsp3) is 0.400.